The molecule has 119 valence electrons. The molecule has 22 heavy (non-hydrogen) atoms. The Morgan fingerprint density at radius 3 is 2.77 bits per heavy atom. The number of primary amides is 1. The van der Waals surface area contributed by atoms with Gasteiger partial charge in [-0.05, 0) is 36.1 Å². The highest BCUT2D eigenvalue weighted by molar-refractivity contribution is 7.80. The van der Waals surface area contributed by atoms with Crippen molar-refractivity contribution >= 4 is 24.4 Å². The molecule has 1 atom stereocenters. The van der Waals surface area contributed by atoms with E-state index >= 15 is 0 Å². The zero-order valence-electron chi connectivity index (χ0n) is 12.7. The molecule has 4 nitrogen and oxygen atoms in total. The van der Waals surface area contributed by atoms with Gasteiger partial charge in [0.15, 0.2) is 0 Å². The van der Waals surface area contributed by atoms with Crippen LogP contribution in [0.3, 0.4) is 0 Å². The molecule has 0 saturated heterocycles. The van der Waals surface area contributed by atoms with Gasteiger partial charge in [-0.15, -0.1) is 0 Å². The van der Waals surface area contributed by atoms with E-state index in [0.29, 0.717) is 6.54 Å². The fraction of sp³-hybridized carbons (Fsp3) is 0.471. The van der Waals surface area contributed by atoms with Crippen molar-refractivity contribution in [3.8, 4) is 0 Å². The number of hydrogen-bond acceptors (Lipinski definition) is 3. The van der Waals surface area contributed by atoms with Crippen molar-refractivity contribution in [3.63, 3.8) is 0 Å². The zero-order chi connectivity index (χ0) is 15.9. The summed E-state index contributed by atoms with van der Waals surface area (Å²) in [5.74, 6) is 0.314. The quantitative estimate of drug-likeness (QED) is 0.598. The Labute approximate surface area is 137 Å². The number of carbonyl (C=O) groups is 2. The van der Waals surface area contributed by atoms with Crippen LogP contribution in [0.5, 0.6) is 0 Å². The number of thiol groups is 1. The van der Waals surface area contributed by atoms with Gasteiger partial charge in [0, 0.05) is 13.0 Å². The molecule has 2 N–H and O–H groups in total. The molecule has 1 aromatic rings. The summed E-state index contributed by atoms with van der Waals surface area (Å²) in [6, 6.07) is 7.06. The molecule has 0 bridgehead atoms. The maximum Gasteiger partial charge on any atom is 0.244 e. The molecule has 0 saturated carbocycles. The molecule has 2 rings (SSSR count). The molecular weight excluding hydrogens is 296 g/mol. The minimum Gasteiger partial charge on any atom is -0.368 e. The monoisotopic (exact) mass is 319 g/mol. The van der Waals surface area contributed by atoms with Crippen LogP contribution in [0, 0.1) is 6.42 Å². The van der Waals surface area contributed by atoms with Crippen LogP contribution in [0.4, 0.5) is 0 Å². The predicted octanol–water partition coefficient (Wildman–Crippen LogP) is 2.29. The molecule has 1 aliphatic rings. The van der Waals surface area contributed by atoms with Crippen molar-refractivity contribution in [2.45, 2.75) is 38.1 Å². The van der Waals surface area contributed by atoms with Crippen LogP contribution in [0.15, 0.2) is 24.3 Å². The van der Waals surface area contributed by atoms with Gasteiger partial charge >= 0.3 is 0 Å². The first-order valence-electron chi connectivity index (χ1n) is 7.77. The van der Waals surface area contributed by atoms with E-state index in [0.717, 1.165) is 49.0 Å². The van der Waals surface area contributed by atoms with E-state index < -0.39 is 11.9 Å². The Kier molecular flexibility index (Phi) is 6.31. The van der Waals surface area contributed by atoms with Gasteiger partial charge < -0.3 is 10.6 Å². The van der Waals surface area contributed by atoms with Crippen LogP contribution in [0.25, 0.3) is 0 Å². The van der Waals surface area contributed by atoms with Crippen molar-refractivity contribution < 1.29 is 9.59 Å². The first-order valence-corrected chi connectivity index (χ1v) is 8.40. The van der Waals surface area contributed by atoms with Crippen molar-refractivity contribution in [3.05, 3.63) is 41.8 Å². The summed E-state index contributed by atoms with van der Waals surface area (Å²) in [6.07, 6.45) is 6.28. The average Bonchev–Trinajstić information content (AvgIpc) is 2.53. The van der Waals surface area contributed by atoms with E-state index in [1.165, 1.54) is 0 Å². The van der Waals surface area contributed by atoms with Crippen molar-refractivity contribution in [2.75, 3.05) is 12.3 Å². The fourth-order valence-electron chi connectivity index (χ4n) is 2.89. The molecular formula is C17H23N2O2S. The number of unbranched alkanes of at least 4 members (excludes halogenated alkanes) is 3. The van der Waals surface area contributed by atoms with E-state index in [1.807, 2.05) is 24.3 Å². The summed E-state index contributed by atoms with van der Waals surface area (Å²) in [5.41, 5.74) is 7.51. The fourth-order valence-corrected chi connectivity index (χ4v) is 3.11. The maximum absolute atomic E-state index is 12.4. The number of carbonyl (C=O) groups excluding carboxylic acids is 2. The molecule has 0 aromatic heterocycles. The summed E-state index contributed by atoms with van der Waals surface area (Å²) in [5, 5.41) is 0. The molecule has 2 amide bonds. The molecule has 0 fully saturated rings. The Morgan fingerprint density at radius 2 is 2.05 bits per heavy atom. The third-order valence-electron chi connectivity index (χ3n) is 4.02. The van der Waals surface area contributed by atoms with Gasteiger partial charge in [-0.3, -0.25) is 9.59 Å². The lowest BCUT2D eigenvalue weighted by Gasteiger charge is -2.35. The Balaban J connectivity index is 2.01. The number of nitrogens with zero attached hydrogens (tertiary/aromatic N) is 1. The number of benzene rings is 1. The highest BCUT2D eigenvalue weighted by Crippen LogP contribution is 2.30. The smallest absolute Gasteiger partial charge is 0.244 e. The molecule has 0 spiro atoms. The van der Waals surface area contributed by atoms with Gasteiger partial charge in [-0.1, -0.05) is 37.1 Å². The van der Waals surface area contributed by atoms with Crippen LogP contribution >= 0.6 is 12.6 Å². The molecule has 0 aliphatic carbocycles. The number of amides is 2. The van der Waals surface area contributed by atoms with Gasteiger partial charge in [0.1, 0.15) is 6.04 Å². The van der Waals surface area contributed by atoms with E-state index in [-0.39, 0.29) is 5.91 Å². The largest absolute Gasteiger partial charge is 0.368 e. The van der Waals surface area contributed by atoms with E-state index in [4.69, 9.17) is 5.73 Å². The zero-order valence-corrected chi connectivity index (χ0v) is 13.6. The Hall–Kier alpha value is -1.49. The second-order valence-corrected chi connectivity index (χ2v) is 6.01. The Morgan fingerprint density at radius 1 is 1.27 bits per heavy atom. The van der Waals surface area contributed by atoms with Crippen LogP contribution in [0.1, 0.15) is 42.9 Å². The van der Waals surface area contributed by atoms with E-state index in [9.17, 15) is 9.59 Å². The van der Waals surface area contributed by atoms with Gasteiger partial charge in [-0.2, -0.15) is 12.6 Å². The minimum atomic E-state index is -0.647. The minimum absolute atomic E-state index is 0.0934. The molecule has 1 aliphatic heterocycles. The number of rotatable bonds is 7. The van der Waals surface area contributed by atoms with E-state index in [2.05, 4.69) is 12.6 Å². The van der Waals surface area contributed by atoms with E-state index in [1.54, 1.807) is 11.3 Å². The Bertz CT molecular complexity index is 533. The van der Waals surface area contributed by atoms with Crippen LogP contribution < -0.4 is 5.73 Å². The summed E-state index contributed by atoms with van der Waals surface area (Å²) in [6.45, 7) is 0.538. The third kappa shape index (κ3) is 4.03. The standard InChI is InChI=1S/C17H23N2O2S/c18-17(21)16-14-8-5-4-7-13(14)10-11-19(16)15(20)9-3-1-2-6-12-22/h4-5,7-9,16,22H,1-3,6,10-12H2,(H2,18,21)/t16-/m0/s1. The van der Waals surface area contributed by atoms with Crippen molar-refractivity contribution in [2.24, 2.45) is 5.73 Å². The second kappa shape index (κ2) is 8.22. The van der Waals surface area contributed by atoms with Gasteiger partial charge in [0.25, 0.3) is 0 Å². The first kappa shape index (κ1) is 16.9. The summed E-state index contributed by atoms with van der Waals surface area (Å²) in [7, 11) is 0. The van der Waals surface area contributed by atoms with Crippen molar-refractivity contribution in [1.82, 2.24) is 4.90 Å². The normalized spacial score (nSPS) is 17.1. The summed E-state index contributed by atoms with van der Waals surface area (Å²) >= 11 is 4.17. The number of nitrogens with two attached hydrogens (primary N) is 1. The van der Waals surface area contributed by atoms with Crippen molar-refractivity contribution in [1.29, 1.82) is 0 Å². The lowest BCUT2D eigenvalue weighted by Crippen LogP contribution is -2.45. The number of hydrogen-bond donors (Lipinski definition) is 2. The van der Waals surface area contributed by atoms with Gasteiger partial charge in [-0.25, -0.2) is 0 Å². The number of fused-ring (bicyclic) bond motifs is 1. The molecule has 0 unspecified atom stereocenters. The summed E-state index contributed by atoms with van der Waals surface area (Å²) in [4.78, 5) is 25.9. The maximum atomic E-state index is 12.4. The average molecular weight is 319 g/mol. The van der Waals surface area contributed by atoms with Gasteiger partial charge in [0.2, 0.25) is 11.8 Å². The second-order valence-electron chi connectivity index (χ2n) is 5.56. The topological polar surface area (TPSA) is 63.4 Å². The molecule has 1 radical (unpaired) electrons. The lowest BCUT2D eigenvalue weighted by molar-refractivity contribution is -0.137. The van der Waals surface area contributed by atoms with Gasteiger partial charge in [0.05, 0.1) is 0 Å². The lowest BCUT2D eigenvalue weighted by atomic mass is 9.91. The first-order chi connectivity index (χ1) is 10.6. The third-order valence-corrected chi connectivity index (χ3v) is 4.33. The molecule has 1 heterocycles. The highest BCUT2D eigenvalue weighted by atomic mass is 32.1. The van der Waals surface area contributed by atoms with Crippen LogP contribution in [0.2, 0.25) is 0 Å². The molecule has 1 aromatic carbocycles. The highest BCUT2D eigenvalue weighted by Gasteiger charge is 2.33. The van der Waals surface area contributed by atoms with Crippen LogP contribution in [-0.2, 0) is 16.0 Å². The van der Waals surface area contributed by atoms with Crippen LogP contribution in [-0.4, -0.2) is 29.0 Å². The summed E-state index contributed by atoms with van der Waals surface area (Å²) < 4.78 is 0. The predicted molar refractivity (Wildman–Crippen MR) is 90.4 cm³/mol. The molecule has 5 heteroatoms. The SMILES string of the molecule is NC(=O)[C@@H]1c2ccccc2CCN1C(=O)[CH]CCCCCS.